The lowest BCUT2D eigenvalue weighted by Gasteiger charge is -2.31. The Morgan fingerprint density at radius 2 is 0.708 bits per heavy atom. The molecule has 0 aliphatic heterocycles. The fraction of sp³-hybridized carbons (Fsp3) is 0.725. The topological polar surface area (TPSA) is 766 Å². The Labute approximate surface area is 718 Å². The molecule has 120 heavy (non-hydrogen) atoms. The maximum Gasteiger partial charge on any atom is 0.396 e. The Kier molecular flexibility index (Phi) is 71.5. The van der Waals surface area contributed by atoms with Gasteiger partial charge in [0.1, 0.15) is 0 Å². The molecule has 2 fully saturated rings. The van der Waals surface area contributed by atoms with Crippen LogP contribution in [0.4, 0.5) is 0 Å². The molecule has 17 amide bonds. The first kappa shape index (κ1) is 102. The highest BCUT2D eigenvalue weighted by Gasteiger charge is 2.31. The number of hydrogen-bond acceptors (Lipinski definition) is 33. The molecule has 0 aromatic rings. The molecule has 2 saturated carbocycles. The van der Waals surface area contributed by atoms with Gasteiger partial charge in [-0.2, -0.15) is 5.26 Å². The van der Waals surface area contributed by atoms with Crippen LogP contribution in [0.3, 0.4) is 0 Å². The van der Waals surface area contributed by atoms with E-state index in [1.807, 2.05) is 6.07 Å². The predicted molar refractivity (Wildman–Crippen MR) is 434 cm³/mol. The molecule has 2 aliphatic carbocycles. The third-order valence-electron chi connectivity index (χ3n) is 14.1. The van der Waals surface area contributed by atoms with Crippen LogP contribution in [0.15, 0.2) is 0 Å². The number of amides is 17. The number of hydrogen-bond donors (Lipinski definition) is 26. The van der Waals surface area contributed by atoms with Crippen molar-refractivity contribution in [1.29, 1.82) is 13.8 Å². The first-order valence-electron chi connectivity index (χ1n) is 44.0. The van der Waals surface area contributed by atoms with Crippen LogP contribution in [0.5, 0.6) is 0 Å². The van der Waals surface area contributed by atoms with E-state index in [4.69, 9.17) is 47.1 Å². The van der Waals surface area contributed by atoms with Crippen LogP contribution in [0, 0.1) is 11.3 Å². The first-order chi connectivity index (χ1) is 63.5. The fourth-order valence-corrected chi connectivity index (χ4v) is 9.60. The Hall–Kier alpha value is -10.1. The molecular weight excluding hydrogens is 1620 g/mol. The van der Waals surface area contributed by atoms with Gasteiger partial charge in [-0.25, -0.2) is 4.79 Å². The van der Waals surface area contributed by atoms with Crippen LogP contribution >= 0.6 is 8.38 Å². The monoisotopic (exact) mass is 1780 g/mol. The average Bonchev–Trinajstić information content (AvgIpc) is 0.869. The number of nitriles is 1. The summed E-state index contributed by atoms with van der Waals surface area (Å²) in [5.41, 5.74) is 4.78. The molecular formula is C69H137N20O30P. The van der Waals surface area contributed by atoms with Gasteiger partial charge in [-0.3, -0.25) is 81.5 Å². The maximum absolute atomic E-state index is 13.0. The summed E-state index contributed by atoms with van der Waals surface area (Å²) in [6.45, 7) is 1.39. The van der Waals surface area contributed by atoms with Crippen molar-refractivity contribution in [3.05, 3.63) is 0 Å². The number of methoxy groups -OCH3 is 1. The Morgan fingerprint density at radius 1 is 0.433 bits per heavy atom. The smallest absolute Gasteiger partial charge is 0.396 e. The summed E-state index contributed by atoms with van der Waals surface area (Å²) >= 11 is 0. The summed E-state index contributed by atoms with van der Waals surface area (Å²) in [6, 6.07) is 1.42. The molecule has 0 bridgehead atoms. The Balaban J connectivity index is -0.000000221. The molecule has 0 heterocycles. The van der Waals surface area contributed by atoms with E-state index in [9.17, 15) is 91.4 Å². The van der Waals surface area contributed by atoms with E-state index in [-0.39, 0.29) is 189 Å². The second kappa shape index (κ2) is 83.9. The summed E-state index contributed by atoms with van der Waals surface area (Å²) < 4.78 is 89.0. The lowest BCUT2D eigenvalue weighted by atomic mass is 9.93. The number of aliphatic hydroxyl groups excluding tert-OH is 9. The van der Waals surface area contributed by atoms with E-state index in [0.717, 1.165) is 16.9 Å². The Bertz CT molecular complexity index is 3040. The van der Waals surface area contributed by atoms with Crippen molar-refractivity contribution in [1.82, 2.24) is 94.9 Å². The normalized spacial score (nSPS) is 14.7. The summed E-state index contributed by atoms with van der Waals surface area (Å²) in [6.07, 6.45) is 4.11. The van der Waals surface area contributed by atoms with E-state index in [1.54, 1.807) is 6.66 Å². The number of nitrogens with two attached hydrogens (primary N) is 1. The van der Waals surface area contributed by atoms with Crippen molar-refractivity contribution in [2.45, 2.75) is 126 Å². The van der Waals surface area contributed by atoms with E-state index in [2.05, 4.69) is 120 Å². The molecule has 0 aromatic heterocycles. The summed E-state index contributed by atoms with van der Waals surface area (Å²) in [5.74, 6) is -16.6. The number of aliphatic hydroxyl groups is 9. The van der Waals surface area contributed by atoms with Gasteiger partial charge in [-0.05, 0) is 51.4 Å². The molecule has 0 saturated heterocycles. The molecule has 2 aliphatic rings. The van der Waals surface area contributed by atoms with Crippen molar-refractivity contribution in [3.8, 4) is 6.07 Å². The van der Waals surface area contributed by atoms with Gasteiger partial charge in [0.15, 0.2) is 8.38 Å². The predicted octanol–water partition coefficient (Wildman–Crippen LogP) is -12.7. The number of esters is 1. The molecule has 1 atom stereocenters. The van der Waals surface area contributed by atoms with Gasteiger partial charge in [0.2, 0.25) is 8.59 Å². The van der Waals surface area contributed by atoms with Crippen LogP contribution in [-0.2, 0) is 100 Å². The second-order valence-electron chi connectivity index (χ2n) is 22.8. The van der Waals surface area contributed by atoms with E-state index in [0.29, 0.717) is 77.6 Å². The number of carbonyl (C=O) groups is 18. The number of rotatable bonds is 46. The average molecular weight is 1780 g/mol. The fourth-order valence-electron chi connectivity index (χ4n) is 8.56. The van der Waals surface area contributed by atoms with Gasteiger partial charge < -0.3 is 160 Å². The summed E-state index contributed by atoms with van der Waals surface area (Å²) in [7, 11) is 7.47. The zero-order valence-electron chi connectivity index (χ0n) is 81.4. The third-order valence-corrected chi connectivity index (χ3v) is 15.2. The molecule has 0 spiro atoms. The minimum atomic E-state index is -1.14. The number of nitrogens with zero attached hydrogens (tertiary/aromatic N) is 3. The summed E-state index contributed by atoms with van der Waals surface area (Å²) in [4.78, 5) is 214. The van der Waals surface area contributed by atoms with Crippen LogP contribution in [-0.4, -0.2) is 399 Å². The van der Waals surface area contributed by atoms with Gasteiger partial charge >= 0.3 is 106 Å². The highest BCUT2D eigenvalue weighted by molar-refractivity contribution is 7.46. The minimum absolute atomic E-state index is 0.0116. The van der Waals surface area contributed by atoms with Crippen LogP contribution < -0.4 is 90.8 Å². The van der Waals surface area contributed by atoms with Crippen molar-refractivity contribution in [3.63, 3.8) is 0 Å². The Morgan fingerprint density at radius 3 is 0.983 bits per heavy atom. The number of nitrogens with one attached hydrogen (secondary N) is 16. The summed E-state index contributed by atoms with van der Waals surface area (Å²) in [5, 5.41) is 96.1. The van der Waals surface area contributed by atoms with Gasteiger partial charge in [-0.1, -0.05) is 44.4 Å². The number of ether oxygens (including phenoxy) is 1. The van der Waals surface area contributed by atoms with E-state index >= 15 is 0 Å². The second-order valence-corrected chi connectivity index (χ2v) is 24.2. The van der Waals surface area contributed by atoms with Gasteiger partial charge in [-0.15, -0.1) is 0 Å². The van der Waals surface area contributed by atoms with Gasteiger partial charge in [0, 0.05) is 158 Å². The highest BCUT2D eigenvalue weighted by atomic mass is 31.2. The van der Waals surface area contributed by atoms with Crippen LogP contribution in [0.1, 0.15) is 110 Å². The third kappa shape index (κ3) is 66.7. The molecule has 1 unspecified atom stereocenters. The van der Waals surface area contributed by atoms with Crippen molar-refractivity contribution >= 4 is 115 Å². The zero-order valence-corrected chi connectivity index (χ0v) is 70.3. The molecule has 51 heteroatoms. The lowest BCUT2D eigenvalue weighted by molar-refractivity contribution is -0.152. The van der Waals surface area contributed by atoms with Crippen molar-refractivity contribution < 1.29 is 154 Å². The van der Waals surface area contributed by atoms with Gasteiger partial charge in [0.25, 0.3) is 0 Å². The van der Waals surface area contributed by atoms with Crippen LogP contribution in [0.2, 0.25) is 0 Å². The number of carbonyl (C=O) groups excluding carboxylic acids is 18. The van der Waals surface area contributed by atoms with Crippen molar-refractivity contribution in [2.24, 2.45) is 5.73 Å². The highest BCUT2D eigenvalue weighted by Crippen LogP contribution is 2.39. The van der Waals surface area contributed by atoms with E-state index in [1.165, 1.54) is 44.4 Å². The largest absolute Gasteiger partial charge is 0.462 e. The van der Waals surface area contributed by atoms with E-state index < -0.39 is 121 Å². The molecule has 27 N–H and O–H groups in total. The molecule has 2 rings (SSSR count). The molecule has 50 nitrogen and oxygen atoms in total. The zero-order chi connectivity index (χ0) is 103. The minimum Gasteiger partial charge on any atom is -0.462 e. The van der Waals surface area contributed by atoms with Gasteiger partial charge in [0.05, 0.1) is 91.3 Å². The molecule has 0 aromatic carbocycles. The SMILES string of the molecule is COC(=O)C(=O)NCCO.NCCO.[2H]C.[2H]C.[2H]C.[2H]C.[2H]OCCNC(=O)C(=O)NCCNCCNC(=O)C(=O)NCCO[2H].[3H]C.[3H]C.[3H]OCCNC(=O)C(=O)NCCN(CCNC(=O)C(=O)NCCO[3H])C(=O)C(=O)NC1CCC(O)CC1.[3H]OCCNC(=O)C(=O)NCCN(CCNC(=O)C(=O)NCCO[3H])C(=O)C(=O)NC1CCC(OP(C)OCCC#N)CC1. The standard InChI is InChI=1S/C24H40N7O10P.C20H34N6O9.C12H23N5O6.C5H9NO4.C2H7NO.6CH4/c1-42(40-16-2-7-25)41-18-5-3-17(4-6-18)30-23(38)24(39)31(12-8-26-19(34)21(36)28-10-14-32)13-9-27-20(35)22(37)29-11-15-33;27-11-7-23-17(32)15(30)21-5-9-26(10-6-22-16(31)18(33)24-8-12-28)20(35)19(34)25-13-1-3-14(29)4-2-13;18-7-5-16-11(22)9(20)14-3-1-13-2-4-15-10(21)12(23)17-6-8-19;1-10-5(9)4(8)6-2-3-7;3-1-2-4;;;;;;/h17-18,32-33H,2-6,8-16H2,1H3,(H,26,34)(H,27,35)(H,28,36)(H,29,37)(H,30,38);13-14,27-29H,1-12H2,(H,21,30)(H,22,31)(H,23,32)(H,24,33)(H,25,34);13,18-19H,1-8H2,(H,14,20)(H,15,21)(H,16,22)(H,17,23);7H,2-3H2,1H3,(H,6,8);4H,1-3H2;6*1H4/i32T,33T;27T,28T;18D,19D;;;2*1T;4*1D. The molecule has 698 valence electrons. The quantitative estimate of drug-likeness (QED) is 0.0116. The maximum atomic E-state index is 13.0. The lowest BCUT2D eigenvalue weighted by Crippen LogP contribution is -2.52. The van der Waals surface area contributed by atoms with Crippen LogP contribution in [0.25, 0.3) is 0 Å². The first-order valence-corrected chi connectivity index (χ1v) is 37.2. The molecule has 0 radical (unpaired) electrons. The van der Waals surface area contributed by atoms with Crippen molar-refractivity contribution in [2.75, 3.05) is 204 Å².